The first-order valence-electron chi connectivity index (χ1n) is 5.05. The monoisotopic (exact) mass is 223 g/mol. The fourth-order valence-corrected chi connectivity index (χ4v) is 1.51. The van der Waals surface area contributed by atoms with E-state index in [1.165, 1.54) is 12.8 Å². The minimum absolute atomic E-state index is 0.525. The van der Waals surface area contributed by atoms with Gasteiger partial charge in [0.15, 0.2) is 5.96 Å². The molecule has 0 aromatic heterocycles. The van der Waals surface area contributed by atoms with Gasteiger partial charge in [-0.2, -0.15) is 0 Å². The van der Waals surface area contributed by atoms with Crippen LogP contribution in [0.15, 0.2) is 29.3 Å². The molecule has 0 amide bonds. The van der Waals surface area contributed by atoms with Crippen LogP contribution in [0.4, 0.5) is 0 Å². The topological polar surface area (TPSA) is 50.4 Å². The molecule has 0 heterocycles. The van der Waals surface area contributed by atoms with E-state index in [4.69, 9.17) is 17.3 Å². The van der Waals surface area contributed by atoms with Crippen LogP contribution in [-0.2, 0) is 6.54 Å². The smallest absolute Gasteiger partial charge is 0.189 e. The van der Waals surface area contributed by atoms with Gasteiger partial charge in [-0.3, -0.25) is 0 Å². The van der Waals surface area contributed by atoms with E-state index in [-0.39, 0.29) is 0 Å². The molecule has 1 fully saturated rings. The minimum atomic E-state index is 0.525. The molecule has 0 spiro atoms. The average Bonchev–Trinajstić information content (AvgIpc) is 2.99. The molecule has 15 heavy (non-hydrogen) atoms. The van der Waals surface area contributed by atoms with E-state index in [0.717, 1.165) is 10.6 Å². The number of hydrogen-bond acceptors (Lipinski definition) is 1. The number of benzene rings is 1. The van der Waals surface area contributed by atoms with Gasteiger partial charge < -0.3 is 11.1 Å². The van der Waals surface area contributed by atoms with E-state index < -0.39 is 0 Å². The van der Waals surface area contributed by atoms with E-state index in [9.17, 15) is 0 Å². The maximum Gasteiger partial charge on any atom is 0.189 e. The molecule has 0 bridgehead atoms. The van der Waals surface area contributed by atoms with Gasteiger partial charge in [0.2, 0.25) is 0 Å². The lowest BCUT2D eigenvalue weighted by Gasteiger charge is -2.03. The predicted octanol–water partition coefficient (Wildman–Crippen LogP) is 1.91. The summed E-state index contributed by atoms with van der Waals surface area (Å²) in [5.41, 5.74) is 6.78. The molecule has 1 aromatic carbocycles. The SMILES string of the molecule is NC(=NCc1cccc(Cl)c1)NC1CC1. The highest BCUT2D eigenvalue weighted by atomic mass is 35.5. The third-order valence-electron chi connectivity index (χ3n) is 2.25. The first kappa shape index (κ1) is 10.3. The number of nitrogens with two attached hydrogens (primary N) is 1. The molecule has 3 N–H and O–H groups in total. The number of guanidine groups is 1. The van der Waals surface area contributed by atoms with Crippen LogP contribution in [0.25, 0.3) is 0 Å². The Morgan fingerprint density at radius 3 is 3.00 bits per heavy atom. The predicted molar refractivity (Wildman–Crippen MR) is 62.9 cm³/mol. The van der Waals surface area contributed by atoms with Gasteiger partial charge in [-0.1, -0.05) is 23.7 Å². The maximum atomic E-state index is 5.86. The van der Waals surface area contributed by atoms with Gasteiger partial charge in [0.25, 0.3) is 0 Å². The fourth-order valence-electron chi connectivity index (χ4n) is 1.29. The molecule has 1 aromatic rings. The van der Waals surface area contributed by atoms with Gasteiger partial charge in [0.05, 0.1) is 6.54 Å². The van der Waals surface area contributed by atoms with Crippen molar-refractivity contribution >= 4 is 17.6 Å². The van der Waals surface area contributed by atoms with E-state index in [1.54, 1.807) is 0 Å². The molecule has 0 unspecified atom stereocenters. The Morgan fingerprint density at radius 1 is 1.53 bits per heavy atom. The summed E-state index contributed by atoms with van der Waals surface area (Å²) in [4.78, 5) is 4.24. The molecule has 1 aliphatic rings. The van der Waals surface area contributed by atoms with Crippen molar-refractivity contribution in [1.82, 2.24) is 5.32 Å². The second-order valence-electron chi connectivity index (χ2n) is 3.75. The summed E-state index contributed by atoms with van der Waals surface area (Å²) in [7, 11) is 0. The van der Waals surface area contributed by atoms with Crippen LogP contribution in [0.5, 0.6) is 0 Å². The van der Waals surface area contributed by atoms with Crippen LogP contribution in [0, 0.1) is 0 Å². The average molecular weight is 224 g/mol. The largest absolute Gasteiger partial charge is 0.370 e. The Balaban J connectivity index is 1.90. The zero-order valence-corrected chi connectivity index (χ0v) is 9.17. The summed E-state index contributed by atoms with van der Waals surface area (Å²) in [6, 6.07) is 8.20. The van der Waals surface area contributed by atoms with Crippen molar-refractivity contribution in [3.8, 4) is 0 Å². The van der Waals surface area contributed by atoms with E-state index >= 15 is 0 Å². The van der Waals surface area contributed by atoms with E-state index in [2.05, 4.69) is 10.3 Å². The maximum absolute atomic E-state index is 5.86. The van der Waals surface area contributed by atoms with Crippen molar-refractivity contribution in [2.75, 3.05) is 0 Å². The lowest BCUT2D eigenvalue weighted by Crippen LogP contribution is -2.33. The number of nitrogens with one attached hydrogen (secondary N) is 1. The van der Waals surface area contributed by atoms with Gasteiger partial charge in [-0.15, -0.1) is 0 Å². The molecule has 0 radical (unpaired) electrons. The van der Waals surface area contributed by atoms with Crippen LogP contribution in [0.3, 0.4) is 0 Å². The van der Waals surface area contributed by atoms with Gasteiger partial charge >= 0.3 is 0 Å². The molecule has 2 rings (SSSR count). The Morgan fingerprint density at radius 2 is 2.33 bits per heavy atom. The molecule has 0 atom stereocenters. The quantitative estimate of drug-likeness (QED) is 0.608. The fraction of sp³-hybridized carbons (Fsp3) is 0.364. The molecule has 0 aliphatic heterocycles. The molecule has 1 saturated carbocycles. The summed E-state index contributed by atoms with van der Waals surface area (Å²) in [5, 5.41) is 3.87. The van der Waals surface area contributed by atoms with Crippen molar-refractivity contribution in [3.63, 3.8) is 0 Å². The van der Waals surface area contributed by atoms with Gasteiger partial charge in [-0.05, 0) is 30.5 Å². The molecule has 80 valence electrons. The number of rotatable bonds is 3. The second-order valence-corrected chi connectivity index (χ2v) is 4.19. The highest BCUT2D eigenvalue weighted by molar-refractivity contribution is 6.30. The number of aliphatic imine (C=N–C) groups is 1. The Bertz CT molecular complexity index is 372. The van der Waals surface area contributed by atoms with Crippen molar-refractivity contribution < 1.29 is 0 Å². The zero-order valence-electron chi connectivity index (χ0n) is 8.41. The minimum Gasteiger partial charge on any atom is -0.370 e. The van der Waals surface area contributed by atoms with Crippen molar-refractivity contribution in [2.45, 2.75) is 25.4 Å². The summed E-state index contributed by atoms with van der Waals surface area (Å²) in [6.45, 7) is 0.576. The molecular weight excluding hydrogens is 210 g/mol. The summed E-state index contributed by atoms with van der Waals surface area (Å²) >= 11 is 5.86. The normalized spacial score (nSPS) is 16.5. The van der Waals surface area contributed by atoms with Crippen molar-refractivity contribution in [2.24, 2.45) is 10.7 Å². The Hall–Kier alpha value is -1.22. The van der Waals surface area contributed by atoms with Crippen LogP contribution >= 0.6 is 11.6 Å². The van der Waals surface area contributed by atoms with Crippen LogP contribution in [0.2, 0.25) is 5.02 Å². The van der Waals surface area contributed by atoms with Crippen molar-refractivity contribution in [3.05, 3.63) is 34.9 Å². The Kier molecular flexibility index (Phi) is 3.11. The standard InChI is InChI=1S/C11H14ClN3/c12-9-3-1-2-8(6-9)7-14-11(13)15-10-4-5-10/h1-3,6,10H,4-5,7H2,(H3,13,14,15). The first-order chi connectivity index (χ1) is 7.24. The van der Waals surface area contributed by atoms with Crippen LogP contribution in [-0.4, -0.2) is 12.0 Å². The van der Waals surface area contributed by atoms with Crippen LogP contribution < -0.4 is 11.1 Å². The van der Waals surface area contributed by atoms with E-state index in [0.29, 0.717) is 18.5 Å². The van der Waals surface area contributed by atoms with Gasteiger partial charge in [0, 0.05) is 11.1 Å². The summed E-state index contributed by atoms with van der Waals surface area (Å²) in [5.74, 6) is 0.525. The number of nitrogens with zero attached hydrogens (tertiary/aromatic N) is 1. The highest BCUT2D eigenvalue weighted by Crippen LogP contribution is 2.18. The lowest BCUT2D eigenvalue weighted by molar-refractivity contribution is 0.879. The van der Waals surface area contributed by atoms with Gasteiger partial charge in [0.1, 0.15) is 0 Å². The molecule has 0 saturated heterocycles. The molecule has 4 heteroatoms. The zero-order chi connectivity index (χ0) is 10.7. The van der Waals surface area contributed by atoms with Crippen LogP contribution in [0.1, 0.15) is 18.4 Å². The molecular formula is C11H14ClN3. The highest BCUT2D eigenvalue weighted by Gasteiger charge is 2.21. The third-order valence-corrected chi connectivity index (χ3v) is 2.49. The molecule has 1 aliphatic carbocycles. The van der Waals surface area contributed by atoms with Crippen molar-refractivity contribution in [1.29, 1.82) is 0 Å². The lowest BCUT2D eigenvalue weighted by atomic mass is 10.2. The summed E-state index contributed by atoms with van der Waals surface area (Å²) < 4.78 is 0. The Labute approximate surface area is 94.3 Å². The summed E-state index contributed by atoms with van der Waals surface area (Å²) in [6.07, 6.45) is 2.40. The van der Waals surface area contributed by atoms with E-state index in [1.807, 2.05) is 24.3 Å². The number of halogens is 1. The number of hydrogen-bond donors (Lipinski definition) is 2. The van der Waals surface area contributed by atoms with Gasteiger partial charge in [-0.25, -0.2) is 4.99 Å². The molecule has 3 nitrogen and oxygen atoms in total. The third kappa shape index (κ3) is 3.44. The first-order valence-corrected chi connectivity index (χ1v) is 5.43. The second kappa shape index (κ2) is 4.53.